The molecule has 3 atom stereocenters. The maximum absolute atomic E-state index is 2.60. The summed E-state index contributed by atoms with van der Waals surface area (Å²) in [6.45, 7) is 12.0. The van der Waals surface area contributed by atoms with Crippen molar-refractivity contribution in [3.63, 3.8) is 0 Å². The molecule has 27 heavy (non-hydrogen) atoms. The van der Waals surface area contributed by atoms with Crippen LogP contribution in [0.15, 0.2) is 65.8 Å². The molecule has 2 aromatic carbocycles. The van der Waals surface area contributed by atoms with Crippen molar-refractivity contribution in [2.24, 2.45) is 17.3 Å². The van der Waals surface area contributed by atoms with Gasteiger partial charge in [0, 0.05) is 11.3 Å². The van der Waals surface area contributed by atoms with E-state index in [4.69, 9.17) is 0 Å². The minimum Gasteiger partial charge on any atom is -0.0727 e. The van der Waals surface area contributed by atoms with E-state index in [-0.39, 0.29) is 10.8 Å². The van der Waals surface area contributed by atoms with Crippen LogP contribution in [0.1, 0.15) is 57.7 Å². The second-order valence-corrected chi connectivity index (χ2v) is 10.2. The lowest BCUT2D eigenvalue weighted by atomic mass is 9.71. The van der Waals surface area contributed by atoms with Crippen molar-refractivity contribution in [2.75, 3.05) is 0 Å². The highest BCUT2D eigenvalue weighted by atomic mass is 14.5. The van der Waals surface area contributed by atoms with Crippen LogP contribution in [0.3, 0.4) is 0 Å². The number of hydrogen-bond donors (Lipinski definition) is 0. The third-order valence-electron chi connectivity index (χ3n) is 7.35. The molecular weight excluding hydrogens is 324 g/mol. The first-order valence-corrected chi connectivity index (χ1v) is 10.4. The molecule has 0 aromatic heterocycles. The first-order valence-electron chi connectivity index (χ1n) is 10.4. The molecule has 0 aliphatic heterocycles. The summed E-state index contributed by atoms with van der Waals surface area (Å²) in [5.41, 5.74) is 11.2. The van der Waals surface area contributed by atoms with Crippen LogP contribution in [0, 0.1) is 17.3 Å². The van der Waals surface area contributed by atoms with Crippen molar-refractivity contribution >= 4 is 0 Å². The van der Waals surface area contributed by atoms with Gasteiger partial charge in [0.1, 0.15) is 0 Å². The molecule has 3 aliphatic carbocycles. The lowest BCUT2D eigenvalue weighted by Gasteiger charge is -2.33. The highest BCUT2D eigenvalue weighted by Crippen LogP contribution is 2.58. The summed E-state index contributed by atoms with van der Waals surface area (Å²) >= 11 is 0. The fourth-order valence-electron chi connectivity index (χ4n) is 5.91. The van der Waals surface area contributed by atoms with Gasteiger partial charge in [0.25, 0.3) is 0 Å². The standard InChI is InChI=1S/C27H30/c1-17-16-27(5,25-15-19(14-22(17)25)26(2,3)4)24-12-8-11-21-20-10-7-6-9-18(20)13-23(21)24/h6-12,14-15,17,25H,13,16H2,1-5H3. The van der Waals surface area contributed by atoms with E-state index in [2.05, 4.69) is 89.2 Å². The molecule has 1 fully saturated rings. The van der Waals surface area contributed by atoms with Crippen molar-refractivity contribution in [1.82, 2.24) is 0 Å². The lowest BCUT2D eigenvalue weighted by Crippen LogP contribution is -2.27. The quantitative estimate of drug-likeness (QED) is 0.438. The van der Waals surface area contributed by atoms with Gasteiger partial charge in [-0.3, -0.25) is 0 Å². The maximum Gasteiger partial charge on any atom is 0.00833 e. The molecule has 0 saturated heterocycles. The second kappa shape index (κ2) is 5.47. The number of hydrogen-bond acceptors (Lipinski definition) is 0. The fourth-order valence-corrected chi connectivity index (χ4v) is 5.91. The Morgan fingerprint density at radius 2 is 1.70 bits per heavy atom. The Morgan fingerprint density at radius 3 is 2.48 bits per heavy atom. The summed E-state index contributed by atoms with van der Waals surface area (Å²) < 4.78 is 0. The molecule has 138 valence electrons. The van der Waals surface area contributed by atoms with Gasteiger partial charge in [-0.1, -0.05) is 94.8 Å². The first-order chi connectivity index (χ1) is 12.8. The zero-order chi connectivity index (χ0) is 19.0. The highest BCUT2D eigenvalue weighted by Gasteiger charge is 2.49. The lowest BCUT2D eigenvalue weighted by molar-refractivity contribution is 0.406. The normalized spacial score (nSPS) is 28.5. The number of allylic oxidation sites excluding steroid dienone is 4. The molecule has 5 rings (SSSR count). The van der Waals surface area contributed by atoms with Crippen molar-refractivity contribution in [2.45, 2.75) is 52.9 Å². The Kier molecular flexibility index (Phi) is 3.46. The van der Waals surface area contributed by atoms with Crippen LogP contribution in [-0.2, 0) is 11.8 Å². The van der Waals surface area contributed by atoms with Gasteiger partial charge in [-0.2, -0.15) is 0 Å². The van der Waals surface area contributed by atoms with Crippen LogP contribution in [0.2, 0.25) is 0 Å². The van der Waals surface area contributed by atoms with Crippen LogP contribution >= 0.6 is 0 Å². The molecule has 2 aromatic rings. The zero-order valence-electron chi connectivity index (χ0n) is 17.3. The Labute approximate surface area is 164 Å². The van der Waals surface area contributed by atoms with E-state index in [1.54, 1.807) is 16.7 Å². The molecular formula is C27H30. The van der Waals surface area contributed by atoms with E-state index >= 15 is 0 Å². The summed E-state index contributed by atoms with van der Waals surface area (Å²) in [6, 6.07) is 16.0. The maximum atomic E-state index is 2.60. The van der Waals surface area contributed by atoms with Crippen molar-refractivity contribution < 1.29 is 0 Å². The Morgan fingerprint density at radius 1 is 0.963 bits per heavy atom. The Balaban J connectivity index is 1.65. The SMILES string of the molecule is CC1CC(C)(c2cccc3c2Cc2ccccc2-3)C2C=C(C(C)(C)C)C=C12. The fraction of sp³-hybridized carbons (Fsp3) is 0.407. The van der Waals surface area contributed by atoms with Gasteiger partial charge in [-0.15, -0.1) is 0 Å². The third-order valence-corrected chi connectivity index (χ3v) is 7.35. The van der Waals surface area contributed by atoms with Gasteiger partial charge in [-0.05, 0) is 57.6 Å². The molecule has 0 amide bonds. The molecule has 1 saturated carbocycles. The predicted octanol–water partition coefficient (Wildman–Crippen LogP) is 7.08. The summed E-state index contributed by atoms with van der Waals surface area (Å²) in [4.78, 5) is 0. The van der Waals surface area contributed by atoms with E-state index < -0.39 is 0 Å². The molecule has 0 N–H and O–H groups in total. The van der Waals surface area contributed by atoms with Crippen molar-refractivity contribution in [3.8, 4) is 11.1 Å². The highest BCUT2D eigenvalue weighted by molar-refractivity contribution is 5.78. The minimum atomic E-state index is 0.200. The average molecular weight is 355 g/mol. The predicted molar refractivity (Wildman–Crippen MR) is 115 cm³/mol. The number of fused-ring (bicyclic) bond motifs is 4. The summed E-state index contributed by atoms with van der Waals surface area (Å²) in [5.74, 6) is 1.22. The number of rotatable bonds is 1. The molecule has 0 bridgehead atoms. The van der Waals surface area contributed by atoms with Gasteiger partial charge >= 0.3 is 0 Å². The minimum absolute atomic E-state index is 0.200. The monoisotopic (exact) mass is 354 g/mol. The summed E-state index contributed by atoms with van der Waals surface area (Å²) in [7, 11) is 0. The van der Waals surface area contributed by atoms with Gasteiger partial charge < -0.3 is 0 Å². The Bertz CT molecular complexity index is 995. The Hall–Kier alpha value is -2.08. The first kappa shape index (κ1) is 17.0. The van der Waals surface area contributed by atoms with Crippen LogP contribution in [0.5, 0.6) is 0 Å². The van der Waals surface area contributed by atoms with Crippen LogP contribution in [-0.4, -0.2) is 0 Å². The molecule has 3 unspecified atom stereocenters. The van der Waals surface area contributed by atoms with Crippen molar-refractivity contribution in [3.05, 3.63) is 82.5 Å². The van der Waals surface area contributed by atoms with Crippen LogP contribution < -0.4 is 0 Å². The average Bonchev–Trinajstić information content (AvgIpc) is 3.28. The topological polar surface area (TPSA) is 0 Å². The van der Waals surface area contributed by atoms with E-state index in [9.17, 15) is 0 Å². The zero-order valence-corrected chi connectivity index (χ0v) is 17.3. The van der Waals surface area contributed by atoms with Crippen molar-refractivity contribution in [1.29, 1.82) is 0 Å². The molecule has 0 heteroatoms. The largest absolute Gasteiger partial charge is 0.0727 e. The van der Waals surface area contributed by atoms with E-state index in [1.165, 1.54) is 28.7 Å². The second-order valence-electron chi connectivity index (χ2n) is 10.2. The molecule has 3 aliphatic rings. The molecule has 0 nitrogen and oxygen atoms in total. The summed E-state index contributed by atoms with van der Waals surface area (Å²) in [6.07, 6.45) is 7.47. The molecule has 0 radical (unpaired) electrons. The van der Waals surface area contributed by atoms with E-state index in [0.29, 0.717) is 11.8 Å². The molecule has 0 spiro atoms. The smallest absolute Gasteiger partial charge is 0.00833 e. The van der Waals surface area contributed by atoms with E-state index in [0.717, 1.165) is 6.42 Å². The van der Waals surface area contributed by atoms with Gasteiger partial charge in [0.05, 0.1) is 0 Å². The molecule has 0 heterocycles. The third kappa shape index (κ3) is 2.35. The van der Waals surface area contributed by atoms with Gasteiger partial charge in [0.2, 0.25) is 0 Å². The van der Waals surface area contributed by atoms with E-state index in [1.807, 2.05) is 0 Å². The van der Waals surface area contributed by atoms with Crippen LogP contribution in [0.4, 0.5) is 0 Å². The summed E-state index contributed by atoms with van der Waals surface area (Å²) in [5, 5.41) is 0. The van der Waals surface area contributed by atoms with Gasteiger partial charge in [-0.25, -0.2) is 0 Å². The van der Waals surface area contributed by atoms with Crippen LogP contribution in [0.25, 0.3) is 11.1 Å². The van der Waals surface area contributed by atoms with Gasteiger partial charge in [0.15, 0.2) is 0 Å². The number of benzene rings is 2.